The molecular weight excluding hydrogens is 343 g/mol. The average Bonchev–Trinajstić information content (AvgIpc) is 2.87. The number of nitrogens with zero attached hydrogens (tertiary/aromatic N) is 1. The summed E-state index contributed by atoms with van der Waals surface area (Å²) < 4.78 is 24.8. The van der Waals surface area contributed by atoms with Crippen molar-refractivity contribution in [2.24, 2.45) is 0 Å². The first-order chi connectivity index (χ1) is 10.6. The van der Waals surface area contributed by atoms with E-state index in [0.29, 0.717) is 21.7 Å². The van der Waals surface area contributed by atoms with Crippen molar-refractivity contribution in [3.8, 4) is 11.5 Å². The fourth-order valence-corrected chi connectivity index (χ4v) is 5.01. The van der Waals surface area contributed by atoms with Gasteiger partial charge in [0.05, 0.1) is 10.2 Å². The number of hydrogen-bond donors (Lipinski definition) is 1. The predicted molar refractivity (Wildman–Crippen MR) is 88.4 cm³/mol. The number of thiazole rings is 1. The second-order valence-corrected chi connectivity index (χ2v) is 8.21. The molecule has 0 saturated carbocycles. The molecule has 0 saturated heterocycles. The number of nitrogens with one attached hydrogen (secondary N) is 1. The van der Waals surface area contributed by atoms with Crippen molar-refractivity contribution in [2.75, 3.05) is 11.4 Å². The van der Waals surface area contributed by atoms with Crippen LogP contribution in [0.1, 0.15) is 0 Å². The van der Waals surface area contributed by atoms with Crippen LogP contribution in [0.3, 0.4) is 0 Å². The Morgan fingerprint density at radius 1 is 1.23 bits per heavy atom. The average molecular weight is 353 g/mol. The largest absolute Gasteiger partial charge is 0.476 e. The van der Waals surface area contributed by atoms with Crippen molar-refractivity contribution < 1.29 is 13.8 Å². The normalized spacial score (nSPS) is 20.0. The van der Waals surface area contributed by atoms with Gasteiger partial charge in [0.15, 0.2) is 23.0 Å². The molecule has 0 unspecified atom stereocenters. The highest BCUT2D eigenvalue weighted by molar-refractivity contribution is 7.61. The van der Waals surface area contributed by atoms with Crippen molar-refractivity contribution in [1.82, 2.24) is 4.98 Å². The molecule has 8 heteroatoms. The third kappa shape index (κ3) is 2.54. The molecule has 4 rings (SSSR count). The third-order valence-corrected chi connectivity index (χ3v) is 5.93. The highest BCUT2D eigenvalue weighted by Gasteiger charge is 2.33. The van der Waals surface area contributed by atoms with Crippen LogP contribution in [0.25, 0.3) is 10.2 Å². The van der Waals surface area contributed by atoms with Gasteiger partial charge in [-0.15, -0.1) is 0 Å². The van der Waals surface area contributed by atoms with Crippen molar-refractivity contribution >= 4 is 45.8 Å². The van der Waals surface area contributed by atoms with E-state index < -0.39 is 7.52 Å². The maximum atomic E-state index is 12.8. The Labute approximate surface area is 135 Å². The molecule has 5 nitrogen and oxygen atoms in total. The predicted octanol–water partition coefficient (Wildman–Crippen LogP) is 4.98. The number of para-hydroxylation sites is 2. The summed E-state index contributed by atoms with van der Waals surface area (Å²) in [6.45, 7) is 0. The summed E-state index contributed by atoms with van der Waals surface area (Å²) in [4.78, 5) is 4.39. The Kier molecular flexibility index (Phi) is 3.26. The van der Waals surface area contributed by atoms with E-state index in [1.165, 1.54) is 11.3 Å². The molecule has 3 aromatic rings. The molecule has 0 radical (unpaired) electrons. The minimum Gasteiger partial charge on any atom is -0.476 e. The van der Waals surface area contributed by atoms with E-state index in [0.717, 1.165) is 10.2 Å². The maximum absolute atomic E-state index is 12.8. The Morgan fingerprint density at radius 3 is 2.91 bits per heavy atom. The molecule has 0 fully saturated rings. The van der Waals surface area contributed by atoms with Crippen LogP contribution in [0, 0.1) is 0 Å². The monoisotopic (exact) mass is 352 g/mol. The SMILES string of the molecule is O=[P@@]1(Nc2nc3ccc(Cl)cc3s2)COc2ccccc2O1. The van der Waals surface area contributed by atoms with E-state index in [-0.39, 0.29) is 6.35 Å². The van der Waals surface area contributed by atoms with Gasteiger partial charge in [-0.25, -0.2) is 9.55 Å². The summed E-state index contributed by atoms with van der Waals surface area (Å²) in [5.74, 6) is 1.06. The molecule has 0 spiro atoms. The molecule has 112 valence electrons. The number of anilines is 1. The summed E-state index contributed by atoms with van der Waals surface area (Å²) in [6, 6.07) is 12.6. The third-order valence-electron chi connectivity index (χ3n) is 3.10. The molecule has 22 heavy (non-hydrogen) atoms. The fraction of sp³-hybridized carbons (Fsp3) is 0.0714. The topological polar surface area (TPSA) is 60.5 Å². The number of hydrogen-bond acceptors (Lipinski definition) is 5. The van der Waals surface area contributed by atoms with E-state index in [9.17, 15) is 4.57 Å². The van der Waals surface area contributed by atoms with E-state index in [1.807, 2.05) is 18.2 Å². The first-order valence-corrected chi connectivity index (χ1v) is 9.47. The second kappa shape index (κ2) is 5.16. The molecule has 1 N–H and O–H groups in total. The molecule has 1 aromatic heterocycles. The van der Waals surface area contributed by atoms with E-state index in [2.05, 4.69) is 10.1 Å². The minimum absolute atomic E-state index is 0.0410. The minimum atomic E-state index is -3.19. The van der Waals surface area contributed by atoms with Crippen LogP contribution in [0.15, 0.2) is 42.5 Å². The fourth-order valence-electron chi connectivity index (χ4n) is 2.13. The standard InChI is InChI=1S/C14H10ClN2O3PS/c15-9-5-6-10-13(7-9)22-14(16-10)17-21(18)8-19-11-3-1-2-4-12(11)20-21/h1-7H,8H2,(H,16,17,18)/t21-/m0/s1. The zero-order valence-corrected chi connectivity index (χ0v) is 13.6. The van der Waals surface area contributed by atoms with E-state index in [1.54, 1.807) is 24.3 Å². The van der Waals surface area contributed by atoms with Gasteiger partial charge in [-0.2, -0.15) is 0 Å². The number of ether oxygens (including phenoxy) is 1. The van der Waals surface area contributed by atoms with Crippen molar-refractivity contribution in [3.05, 3.63) is 47.5 Å². The van der Waals surface area contributed by atoms with Crippen LogP contribution in [0.2, 0.25) is 5.02 Å². The maximum Gasteiger partial charge on any atom is 0.379 e. The van der Waals surface area contributed by atoms with Crippen LogP contribution < -0.4 is 14.3 Å². The van der Waals surface area contributed by atoms with Gasteiger partial charge in [-0.05, 0) is 30.3 Å². The first kappa shape index (κ1) is 13.9. The van der Waals surface area contributed by atoms with E-state index >= 15 is 0 Å². The van der Waals surface area contributed by atoms with Gasteiger partial charge in [0.25, 0.3) is 0 Å². The van der Waals surface area contributed by atoms with Crippen molar-refractivity contribution in [2.45, 2.75) is 0 Å². The lowest BCUT2D eigenvalue weighted by atomic mass is 10.3. The Morgan fingerprint density at radius 2 is 2.05 bits per heavy atom. The van der Waals surface area contributed by atoms with Gasteiger partial charge in [-0.1, -0.05) is 35.1 Å². The van der Waals surface area contributed by atoms with Crippen molar-refractivity contribution in [3.63, 3.8) is 0 Å². The summed E-state index contributed by atoms with van der Waals surface area (Å²) in [7, 11) is -3.19. The summed E-state index contributed by atoms with van der Waals surface area (Å²) in [6.07, 6.45) is -0.0410. The Balaban J connectivity index is 1.63. The molecular formula is C14H10ClN2O3PS. The van der Waals surface area contributed by atoms with Crippen LogP contribution in [0.5, 0.6) is 11.5 Å². The molecule has 0 amide bonds. The zero-order valence-electron chi connectivity index (χ0n) is 11.2. The summed E-state index contributed by atoms with van der Waals surface area (Å²) in [5, 5.41) is 4.04. The highest BCUT2D eigenvalue weighted by Crippen LogP contribution is 2.53. The van der Waals surface area contributed by atoms with Gasteiger partial charge in [0, 0.05) is 5.02 Å². The van der Waals surface area contributed by atoms with Crippen molar-refractivity contribution in [1.29, 1.82) is 0 Å². The summed E-state index contributed by atoms with van der Waals surface area (Å²) >= 11 is 7.33. The van der Waals surface area contributed by atoms with Crippen LogP contribution in [-0.4, -0.2) is 11.3 Å². The lowest BCUT2D eigenvalue weighted by Crippen LogP contribution is -2.16. The van der Waals surface area contributed by atoms with Gasteiger partial charge in [0.2, 0.25) is 0 Å². The number of halogens is 1. The Hall–Kier alpha value is -1.75. The highest BCUT2D eigenvalue weighted by atomic mass is 35.5. The van der Waals surface area contributed by atoms with Crippen LogP contribution >= 0.6 is 30.5 Å². The lowest BCUT2D eigenvalue weighted by Gasteiger charge is -2.26. The van der Waals surface area contributed by atoms with Gasteiger partial charge in [0.1, 0.15) is 0 Å². The molecule has 0 bridgehead atoms. The first-order valence-electron chi connectivity index (χ1n) is 6.46. The smallest absolute Gasteiger partial charge is 0.379 e. The molecule has 0 aliphatic carbocycles. The number of rotatable bonds is 2. The molecule has 2 aromatic carbocycles. The second-order valence-electron chi connectivity index (χ2n) is 4.73. The van der Waals surface area contributed by atoms with Crippen LogP contribution in [-0.2, 0) is 4.57 Å². The van der Waals surface area contributed by atoms with Gasteiger partial charge in [-0.3, -0.25) is 5.09 Å². The zero-order chi connectivity index (χ0) is 15.2. The summed E-state index contributed by atoms with van der Waals surface area (Å²) in [5.41, 5.74) is 0.793. The van der Waals surface area contributed by atoms with Crippen LogP contribution in [0.4, 0.5) is 5.13 Å². The Bertz CT molecular complexity index is 914. The number of benzene rings is 2. The molecule has 1 aliphatic heterocycles. The lowest BCUT2D eigenvalue weighted by molar-refractivity contribution is 0.316. The molecule has 2 heterocycles. The number of aromatic nitrogens is 1. The number of fused-ring (bicyclic) bond motifs is 2. The van der Waals surface area contributed by atoms with E-state index in [4.69, 9.17) is 20.9 Å². The van der Waals surface area contributed by atoms with Gasteiger partial charge < -0.3 is 9.26 Å². The quantitative estimate of drug-likeness (QED) is 0.659. The van der Waals surface area contributed by atoms with Gasteiger partial charge >= 0.3 is 7.52 Å². The molecule has 1 aliphatic rings. The molecule has 1 atom stereocenters.